The van der Waals surface area contributed by atoms with E-state index in [1.807, 2.05) is 39.1 Å². The lowest BCUT2D eigenvalue weighted by Gasteiger charge is -2.30. The third-order valence-corrected chi connectivity index (χ3v) is 7.15. The number of nitrogens with zero attached hydrogens (tertiary/aromatic N) is 1. The van der Waals surface area contributed by atoms with Crippen LogP contribution in [0.5, 0.6) is 11.5 Å². The quantitative estimate of drug-likeness (QED) is 0.439. The van der Waals surface area contributed by atoms with Crippen molar-refractivity contribution < 1.29 is 28.5 Å². The summed E-state index contributed by atoms with van der Waals surface area (Å²) in [5.41, 5.74) is 1.18. The molecule has 37 heavy (non-hydrogen) atoms. The molecular weight excluding hydrogens is 472 g/mol. The fraction of sp³-hybridized carbons (Fsp3) is 0.655. The molecule has 2 aromatic rings. The molecule has 1 aromatic heterocycles. The van der Waals surface area contributed by atoms with Crippen molar-refractivity contribution in [2.45, 2.75) is 103 Å². The maximum absolute atomic E-state index is 13.3. The first-order valence-corrected chi connectivity index (χ1v) is 13.7. The summed E-state index contributed by atoms with van der Waals surface area (Å²) in [5, 5.41) is 4.17. The largest absolute Gasteiger partial charge is 0.493 e. The minimum absolute atomic E-state index is 0.00475. The molecule has 8 heteroatoms. The molecule has 1 saturated heterocycles. The molecule has 1 aliphatic carbocycles. The van der Waals surface area contributed by atoms with Gasteiger partial charge in [-0.1, -0.05) is 19.8 Å². The van der Waals surface area contributed by atoms with Gasteiger partial charge in [-0.3, -0.25) is 9.36 Å². The molecule has 1 N–H and O–H groups in total. The second kappa shape index (κ2) is 11.8. The summed E-state index contributed by atoms with van der Waals surface area (Å²) < 4.78 is 24.6. The molecule has 2 fully saturated rings. The van der Waals surface area contributed by atoms with Gasteiger partial charge in [-0.05, 0) is 76.8 Å². The second-order valence-electron chi connectivity index (χ2n) is 11.2. The van der Waals surface area contributed by atoms with Crippen LogP contribution in [0.2, 0.25) is 0 Å². The molecule has 204 valence electrons. The lowest BCUT2D eigenvalue weighted by atomic mass is 9.81. The number of rotatable bonds is 8. The molecule has 0 radical (unpaired) electrons. The number of carbonyl (C=O) groups is 2. The molecule has 1 saturated carbocycles. The van der Waals surface area contributed by atoms with E-state index >= 15 is 0 Å². The lowest BCUT2D eigenvalue weighted by Crippen LogP contribution is -2.43. The van der Waals surface area contributed by atoms with E-state index in [0.29, 0.717) is 24.7 Å². The average Bonchev–Trinajstić information content (AvgIpc) is 3.51. The first-order chi connectivity index (χ1) is 17.7. The summed E-state index contributed by atoms with van der Waals surface area (Å²) in [5.74, 6) is 1.44. The zero-order valence-electron chi connectivity index (χ0n) is 22.9. The highest BCUT2D eigenvalue weighted by Gasteiger charge is 2.31. The number of benzene rings is 1. The number of carbonyl (C=O) groups excluding carboxylic acids is 2. The number of ether oxygens (including phenoxy) is 4. The number of hydrogen-bond acceptors (Lipinski definition) is 6. The zero-order chi connectivity index (χ0) is 26.6. The molecule has 2 heterocycles. The molecule has 0 spiro atoms. The van der Waals surface area contributed by atoms with Gasteiger partial charge >= 0.3 is 6.09 Å². The van der Waals surface area contributed by atoms with E-state index in [-0.39, 0.29) is 24.0 Å². The fourth-order valence-corrected chi connectivity index (χ4v) is 5.33. The van der Waals surface area contributed by atoms with Crippen molar-refractivity contribution in [3.63, 3.8) is 0 Å². The maximum Gasteiger partial charge on any atom is 0.419 e. The van der Waals surface area contributed by atoms with Gasteiger partial charge in [0.15, 0.2) is 11.5 Å². The topological polar surface area (TPSA) is 88.0 Å². The van der Waals surface area contributed by atoms with Gasteiger partial charge < -0.3 is 24.3 Å². The zero-order valence-corrected chi connectivity index (χ0v) is 22.9. The summed E-state index contributed by atoms with van der Waals surface area (Å²) in [6.07, 6.45) is 8.55. The van der Waals surface area contributed by atoms with E-state index in [1.165, 1.54) is 0 Å². The standard InChI is InChI=1S/C29H42N2O6/c1-6-7-13-36-26-17-23-21(16-25(26)34-5)22(18-31(23)28(33)37-29(2,3)4)19-10-8-11-20(15-19)30-27(32)24-12-9-14-35-24/h16-20,24H,6-15H2,1-5H3,(H,30,32)/t19-,20+,24+/m1/s1. The monoisotopic (exact) mass is 514 g/mol. The highest BCUT2D eigenvalue weighted by atomic mass is 16.6. The van der Waals surface area contributed by atoms with Crippen LogP contribution in [-0.4, -0.2) is 54.6 Å². The number of unbranched alkanes of at least 4 members (excludes halogenated alkanes) is 1. The van der Waals surface area contributed by atoms with Gasteiger partial charge in [-0.25, -0.2) is 4.79 Å². The minimum atomic E-state index is -0.622. The maximum atomic E-state index is 13.3. The Bertz CT molecular complexity index is 1100. The second-order valence-corrected chi connectivity index (χ2v) is 11.2. The van der Waals surface area contributed by atoms with Crippen molar-refractivity contribution in [1.82, 2.24) is 9.88 Å². The van der Waals surface area contributed by atoms with Crippen LogP contribution in [0.4, 0.5) is 4.79 Å². The first-order valence-electron chi connectivity index (χ1n) is 13.7. The van der Waals surface area contributed by atoms with Gasteiger partial charge in [0.25, 0.3) is 0 Å². The Kier molecular flexibility index (Phi) is 8.67. The van der Waals surface area contributed by atoms with Gasteiger partial charge in [0.1, 0.15) is 11.7 Å². The first kappa shape index (κ1) is 27.3. The molecule has 4 rings (SSSR count). The van der Waals surface area contributed by atoms with Crippen LogP contribution in [0.25, 0.3) is 10.9 Å². The molecule has 3 atom stereocenters. The van der Waals surface area contributed by atoms with Crippen molar-refractivity contribution >= 4 is 22.9 Å². The van der Waals surface area contributed by atoms with Crippen molar-refractivity contribution in [1.29, 1.82) is 0 Å². The highest BCUT2D eigenvalue weighted by Crippen LogP contribution is 2.42. The number of amides is 1. The summed E-state index contributed by atoms with van der Waals surface area (Å²) in [6.45, 7) is 8.94. The highest BCUT2D eigenvalue weighted by molar-refractivity contribution is 5.94. The Morgan fingerprint density at radius 1 is 1.14 bits per heavy atom. The Labute approximate surface area is 220 Å². The molecule has 8 nitrogen and oxygen atoms in total. The molecular formula is C29H42N2O6. The summed E-state index contributed by atoms with van der Waals surface area (Å²) in [4.78, 5) is 25.9. The molecule has 0 unspecified atom stereocenters. The van der Waals surface area contributed by atoms with Gasteiger partial charge in [-0.2, -0.15) is 0 Å². The van der Waals surface area contributed by atoms with E-state index in [4.69, 9.17) is 18.9 Å². The Morgan fingerprint density at radius 2 is 1.95 bits per heavy atom. The van der Waals surface area contributed by atoms with Crippen molar-refractivity contribution in [3.8, 4) is 11.5 Å². The van der Waals surface area contributed by atoms with Crippen LogP contribution < -0.4 is 14.8 Å². The van der Waals surface area contributed by atoms with Crippen LogP contribution in [0.3, 0.4) is 0 Å². The average molecular weight is 515 g/mol. The minimum Gasteiger partial charge on any atom is -0.493 e. The van der Waals surface area contributed by atoms with Gasteiger partial charge in [0.2, 0.25) is 5.91 Å². The molecule has 0 bridgehead atoms. The lowest BCUT2D eigenvalue weighted by molar-refractivity contribution is -0.131. The summed E-state index contributed by atoms with van der Waals surface area (Å²) >= 11 is 0. The molecule has 1 aliphatic heterocycles. The number of methoxy groups -OCH3 is 1. The van der Waals surface area contributed by atoms with Crippen LogP contribution in [-0.2, 0) is 14.3 Å². The predicted molar refractivity (Wildman–Crippen MR) is 143 cm³/mol. The van der Waals surface area contributed by atoms with Gasteiger partial charge in [-0.15, -0.1) is 0 Å². The van der Waals surface area contributed by atoms with Crippen LogP contribution >= 0.6 is 0 Å². The number of aromatic nitrogens is 1. The van der Waals surface area contributed by atoms with Crippen LogP contribution in [0.1, 0.15) is 90.5 Å². The summed E-state index contributed by atoms with van der Waals surface area (Å²) in [7, 11) is 1.63. The van der Waals surface area contributed by atoms with Crippen LogP contribution in [0, 0.1) is 0 Å². The molecule has 1 amide bonds. The van der Waals surface area contributed by atoms with Gasteiger partial charge in [0.05, 0.1) is 19.2 Å². The fourth-order valence-electron chi connectivity index (χ4n) is 5.33. The van der Waals surface area contributed by atoms with Crippen LogP contribution in [0.15, 0.2) is 18.3 Å². The van der Waals surface area contributed by atoms with Crippen molar-refractivity contribution in [3.05, 3.63) is 23.9 Å². The third kappa shape index (κ3) is 6.58. The van der Waals surface area contributed by atoms with Crippen molar-refractivity contribution in [2.24, 2.45) is 0 Å². The van der Waals surface area contributed by atoms with E-state index < -0.39 is 11.7 Å². The third-order valence-electron chi connectivity index (χ3n) is 7.15. The van der Waals surface area contributed by atoms with E-state index in [1.54, 1.807) is 11.7 Å². The van der Waals surface area contributed by atoms with E-state index in [0.717, 1.165) is 67.8 Å². The number of nitrogens with one attached hydrogen (secondary N) is 1. The molecule has 2 aliphatic rings. The summed E-state index contributed by atoms with van der Waals surface area (Å²) in [6, 6.07) is 3.94. The Hall–Kier alpha value is -2.74. The smallest absolute Gasteiger partial charge is 0.419 e. The SMILES string of the molecule is CCCCOc1cc2c(cc1OC)c([C@@H]1CCC[C@H](NC(=O)[C@@H]3CCCO3)C1)cn2C(=O)OC(C)(C)C. The van der Waals surface area contributed by atoms with E-state index in [2.05, 4.69) is 12.2 Å². The van der Waals surface area contributed by atoms with E-state index in [9.17, 15) is 9.59 Å². The Morgan fingerprint density at radius 3 is 2.62 bits per heavy atom. The number of fused-ring (bicyclic) bond motifs is 1. The number of hydrogen-bond donors (Lipinski definition) is 1. The van der Waals surface area contributed by atoms with Crippen molar-refractivity contribution in [2.75, 3.05) is 20.3 Å². The molecule has 1 aromatic carbocycles. The predicted octanol–water partition coefficient (Wildman–Crippen LogP) is 5.93. The van der Waals surface area contributed by atoms with Gasteiger partial charge in [0, 0.05) is 30.3 Å². The normalized spacial score (nSPS) is 22.1. The Balaban J connectivity index is 1.66.